The van der Waals surface area contributed by atoms with Crippen LogP contribution in [0.25, 0.3) is 0 Å². The first kappa shape index (κ1) is 86.8. The number of likely N-dealkylation sites (tertiary alicyclic amines) is 1. The number of likely N-dealkylation sites (N-methyl/N-ethyl adjacent to an activating group) is 2. The number of aliphatic imine (C=N–C) groups is 1. The number of methoxy groups -OCH3 is 2. The van der Waals surface area contributed by atoms with Gasteiger partial charge in [-0.15, -0.1) is 11.8 Å². The van der Waals surface area contributed by atoms with Crippen LogP contribution in [0.1, 0.15) is 111 Å². The van der Waals surface area contributed by atoms with Gasteiger partial charge in [0.25, 0.3) is 0 Å². The zero-order valence-electron chi connectivity index (χ0n) is 62.9. The van der Waals surface area contributed by atoms with Gasteiger partial charge in [-0.05, 0) is 97.8 Å². The molecule has 5 rings (SSSR count). The number of hydrogen-bond acceptors (Lipinski definition) is 18. The number of urea groups is 1. The molecule has 3 heterocycles. The molecule has 11 atom stereocenters. The van der Waals surface area contributed by atoms with Crippen molar-refractivity contribution in [1.29, 1.82) is 0 Å². The molecule has 0 bridgehead atoms. The minimum Gasteiger partial charge on any atom is -0.445 e. The Hall–Kier alpha value is -8.81. The van der Waals surface area contributed by atoms with Crippen molar-refractivity contribution in [3.05, 3.63) is 103 Å². The summed E-state index contributed by atoms with van der Waals surface area (Å²) < 4.78 is 17.9. The number of rotatable bonds is 40. The number of primary amides is 1. The van der Waals surface area contributed by atoms with Crippen molar-refractivity contribution < 1.29 is 71.7 Å². The van der Waals surface area contributed by atoms with Crippen LogP contribution in [0.15, 0.2) is 97.1 Å². The highest BCUT2D eigenvalue weighted by Crippen LogP contribution is 2.31. The molecular formula is C74H110N14O15S2. The lowest BCUT2D eigenvalue weighted by molar-refractivity contribution is -0.154. The van der Waals surface area contributed by atoms with Gasteiger partial charge in [0.2, 0.25) is 59.1 Å². The normalized spacial score (nSPS) is 17.2. The molecule has 2 aromatic carbocycles. The Bertz CT molecular complexity index is 3370. The largest absolute Gasteiger partial charge is 0.445 e. The van der Waals surface area contributed by atoms with Gasteiger partial charge in [-0.25, -0.2) is 9.59 Å². The number of thioether (sulfide) groups is 2. The van der Waals surface area contributed by atoms with Crippen LogP contribution < -0.4 is 37.6 Å². The first-order chi connectivity index (χ1) is 49.9. The van der Waals surface area contributed by atoms with E-state index in [0.717, 1.165) is 45.2 Å². The number of nitrogens with two attached hydrogens (primary N) is 1. The smallest absolute Gasteiger partial charge is 0.410 e. The van der Waals surface area contributed by atoms with E-state index < -0.39 is 120 Å². The molecule has 0 aliphatic carbocycles. The van der Waals surface area contributed by atoms with E-state index in [1.165, 1.54) is 28.9 Å². The third-order valence-corrected chi connectivity index (χ3v) is 20.9. The van der Waals surface area contributed by atoms with Crippen molar-refractivity contribution in [2.24, 2.45) is 34.4 Å². The van der Waals surface area contributed by atoms with Gasteiger partial charge < -0.3 is 76.3 Å². The molecule has 578 valence electrons. The molecule has 2 aromatic rings. The van der Waals surface area contributed by atoms with Gasteiger partial charge in [-0.2, -0.15) is 11.8 Å². The molecule has 29 nitrogen and oxygen atoms in total. The second-order valence-corrected chi connectivity index (χ2v) is 29.6. The van der Waals surface area contributed by atoms with E-state index >= 15 is 0 Å². The average Bonchev–Trinajstić information content (AvgIpc) is 1.79. The summed E-state index contributed by atoms with van der Waals surface area (Å²) in [6.45, 7) is 26.1. The molecule has 0 radical (unpaired) electrons. The fourth-order valence-electron chi connectivity index (χ4n) is 12.9. The van der Waals surface area contributed by atoms with E-state index in [9.17, 15) is 57.5 Å². The summed E-state index contributed by atoms with van der Waals surface area (Å²) >= 11 is 2.78. The fourth-order valence-corrected chi connectivity index (χ4v) is 14.6. The quantitative estimate of drug-likeness (QED) is 0.0262. The molecule has 8 N–H and O–H groups in total. The number of ether oxygens (including phenoxy) is 3. The molecule has 2 fully saturated rings. The van der Waals surface area contributed by atoms with Crippen LogP contribution >= 0.6 is 23.5 Å². The number of carbonyl (C=O) groups excluding carboxylic acids is 12. The molecule has 0 unspecified atom stereocenters. The molecule has 3 aliphatic rings. The second kappa shape index (κ2) is 43.0. The minimum atomic E-state index is -1.29. The molecule has 2 saturated heterocycles. The predicted molar refractivity (Wildman–Crippen MR) is 404 cm³/mol. The maximum absolute atomic E-state index is 14.9. The number of nitrogens with zero attached hydrogens (tertiary/aromatic N) is 7. The SMILES string of the molecule is C=CC(=O)N1CN(C(=O)C=C)CN(C(=O)CCSCC(=O)N[C@H](C(=O)N[C@@H](CCCNC(N)=O)C(=O)Nc2ccc(COC(=O)N(C)[C@@H](C(=C)C)C(=O)N[C@H](C(=O)N(C)[C@@H]([C@@H](C)CC)[C@@H](CC(=O)N3CCC[C@H]3[C@H](OC)[C@@H](C)C(=O)N[C@@H](Cc3ccccc3)C3=NCCS3)OC)C(C)C)cc2)C(C)C)C1. The monoisotopic (exact) mass is 1500 g/mol. The molecule has 31 heteroatoms. The van der Waals surface area contributed by atoms with Crippen molar-refractivity contribution >= 4 is 105 Å². The predicted octanol–water partition coefficient (Wildman–Crippen LogP) is 5.01. The highest BCUT2D eigenvalue weighted by molar-refractivity contribution is 8.14. The van der Waals surface area contributed by atoms with Gasteiger partial charge in [0.1, 0.15) is 30.8 Å². The number of nitrogens with one attached hydrogen (secondary N) is 6. The van der Waals surface area contributed by atoms with Crippen molar-refractivity contribution in [2.75, 3.05) is 90.5 Å². The molecule has 0 aromatic heterocycles. The van der Waals surface area contributed by atoms with Crippen LogP contribution in [0.3, 0.4) is 0 Å². The van der Waals surface area contributed by atoms with Crippen LogP contribution in [0.5, 0.6) is 0 Å². The van der Waals surface area contributed by atoms with E-state index in [0.29, 0.717) is 50.0 Å². The lowest BCUT2D eigenvalue weighted by atomic mass is 9.89. The van der Waals surface area contributed by atoms with Gasteiger partial charge >= 0.3 is 12.1 Å². The van der Waals surface area contributed by atoms with Gasteiger partial charge in [-0.1, -0.05) is 117 Å². The summed E-state index contributed by atoms with van der Waals surface area (Å²) in [5.74, 6) is -5.48. The fraction of sp³-hybridized carbons (Fsp3) is 0.581. The first-order valence-electron chi connectivity index (χ1n) is 35.6. The van der Waals surface area contributed by atoms with Gasteiger partial charge in [0.15, 0.2) is 0 Å². The third-order valence-electron chi connectivity index (χ3n) is 18.9. The standard InChI is InChI=1S/C74H110N14O15S2/c1-16-48(10)65(56(101-14)39-61(93)88-35-23-27-55(88)66(102-15)49(11)67(94)80-54(71-76-34-37-105-71)38-50-24-20-19-21-25-50)83(12)72(98)63(46(6)7)82-70(97)64(47(8)9)84(13)74(100)103-40-51-28-30-52(31-29-51)78-68(95)53(26-22-33-77-73(75)99)79-69(96)62(45(4)5)81-57(89)41-104-36-32-60(92)87-43-85(58(90)17-2)42-86(44-87)59(91)18-3/h17-21,24-25,28-31,45-46,48-49,53-56,62-66H,2-3,8,16,22-23,26-27,32-44H2,1,4-7,9-15H3,(H,78,95)(H,79,96)(H,80,94)(H,81,89)(H,82,97)(H3,75,77,99)/t48-,49+,53-,54-,55-,56+,62-,63-,64-,65-,66+/m0/s1. The Kier molecular flexibility index (Phi) is 35.5. The minimum absolute atomic E-state index is 0.0257. The van der Waals surface area contributed by atoms with Crippen molar-refractivity contribution in [2.45, 2.75) is 168 Å². The van der Waals surface area contributed by atoms with E-state index in [2.05, 4.69) is 51.6 Å². The van der Waals surface area contributed by atoms with E-state index in [-0.39, 0.29) is 106 Å². The molecule has 105 heavy (non-hydrogen) atoms. The third kappa shape index (κ3) is 25.7. The maximum Gasteiger partial charge on any atom is 0.410 e. The highest BCUT2D eigenvalue weighted by atomic mass is 32.2. The number of hydrogen-bond donors (Lipinski definition) is 7. The first-order valence-corrected chi connectivity index (χ1v) is 37.7. The summed E-state index contributed by atoms with van der Waals surface area (Å²) in [5, 5.41) is 17.7. The molecule has 13 amide bonds. The Labute approximate surface area is 626 Å². The Morgan fingerprint density at radius 3 is 1.96 bits per heavy atom. The van der Waals surface area contributed by atoms with Crippen molar-refractivity contribution in [1.82, 2.24) is 56.0 Å². The zero-order valence-corrected chi connectivity index (χ0v) is 64.5. The number of anilines is 1. The number of amides is 13. The summed E-state index contributed by atoms with van der Waals surface area (Å²) in [6, 6.07) is 9.40. The van der Waals surface area contributed by atoms with Gasteiger partial charge in [-0.3, -0.25) is 57.8 Å². The van der Waals surface area contributed by atoms with E-state index in [4.69, 9.17) is 24.9 Å². The van der Waals surface area contributed by atoms with E-state index in [1.807, 2.05) is 51.1 Å². The van der Waals surface area contributed by atoms with Crippen LogP contribution in [0.4, 0.5) is 15.3 Å². The topological polar surface area (TPSA) is 363 Å². The van der Waals surface area contributed by atoms with Crippen LogP contribution in [0.2, 0.25) is 0 Å². The highest BCUT2D eigenvalue weighted by Gasteiger charge is 2.44. The maximum atomic E-state index is 14.9. The van der Waals surface area contributed by atoms with Crippen LogP contribution in [-0.4, -0.2) is 245 Å². The van der Waals surface area contributed by atoms with Crippen molar-refractivity contribution in [3.63, 3.8) is 0 Å². The molecule has 0 spiro atoms. The van der Waals surface area contributed by atoms with E-state index in [1.54, 1.807) is 94.6 Å². The Morgan fingerprint density at radius 1 is 0.762 bits per heavy atom. The Morgan fingerprint density at radius 2 is 1.40 bits per heavy atom. The Balaban J connectivity index is 1.17. The molecule has 3 aliphatic heterocycles. The average molecular weight is 1500 g/mol. The van der Waals surface area contributed by atoms with Gasteiger partial charge in [0.05, 0.1) is 73.5 Å². The summed E-state index contributed by atoms with van der Waals surface area (Å²) in [6.07, 6.45) is 2.50. The lowest BCUT2D eigenvalue weighted by Gasteiger charge is -2.41. The number of benzene rings is 2. The number of carbonyl (C=O) groups is 12. The molecular weight excluding hydrogens is 1390 g/mol. The van der Waals surface area contributed by atoms with Crippen LogP contribution in [0, 0.1) is 23.7 Å². The lowest BCUT2D eigenvalue weighted by Crippen LogP contribution is -2.60. The van der Waals surface area contributed by atoms with Gasteiger partial charge in [0, 0.05) is 71.6 Å². The van der Waals surface area contributed by atoms with Crippen molar-refractivity contribution in [3.8, 4) is 0 Å². The summed E-state index contributed by atoms with van der Waals surface area (Å²) in [7, 11) is 6.06. The summed E-state index contributed by atoms with van der Waals surface area (Å²) in [5.41, 5.74) is 7.40. The summed E-state index contributed by atoms with van der Waals surface area (Å²) in [4.78, 5) is 175. The second-order valence-electron chi connectivity index (χ2n) is 27.3. The zero-order chi connectivity index (χ0) is 77.8. The molecule has 0 saturated carbocycles. The van der Waals surface area contributed by atoms with Crippen LogP contribution in [-0.2, 0) is 75.2 Å².